The average Bonchev–Trinajstić information content (AvgIpc) is 2.81. The molecule has 0 aliphatic rings. The summed E-state index contributed by atoms with van der Waals surface area (Å²) in [5.41, 5.74) is 0. The molecular weight excluding hydrogens is 334 g/mol. The summed E-state index contributed by atoms with van der Waals surface area (Å²) in [5, 5.41) is 4.26. The van der Waals surface area contributed by atoms with E-state index >= 15 is 0 Å². The van der Waals surface area contributed by atoms with Crippen LogP contribution in [0.4, 0.5) is 0 Å². The lowest BCUT2D eigenvalue weighted by Gasteiger charge is -2.14. The molecule has 0 spiro atoms. The van der Waals surface area contributed by atoms with Crippen molar-refractivity contribution in [3.05, 3.63) is 40.2 Å². The number of carbonyl (C=O) groups is 2. The molecule has 2 aromatic rings. The fraction of sp³-hybridized carbons (Fsp3) is 0.294. The molecule has 0 fully saturated rings. The first-order valence-corrected chi connectivity index (χ1v) is 8.44. The van der Waals surface area contributed by atoms with Crippen LogP contribution >= 0.6 is 22.9 Å². The van der Waals surface area contributed by atoms with Gasteiger partial charge in [-0.3, -0.25) is 4.79 Å². The fourth-order valence-corrected chi connectivity index (χ4v) is 3.35. The number of esters is 1. The van der Waals surface area contributed by atoms with Crippen LogP contribution in [0.3, 0.4) is 0 Å². The summed E-state index contributed by atoms with van der Waals surface area (Å²) in [6, 6.07) is 7.75. The number of fused-ring (bicyclic) bond motifs is 1. The lowest BCUT2D eigenvalue weighted by Crippen LogP contribution is -2.39. The molecule has 23 heavy (non-hydrogen) atoms. The second kappa shape index (κ2) is 7.62. The van der Waals surface area contributed by atoms with E-state index < -0.39 is 12.1 Å². The van der Waals surface area contributed by atoms with E-state index in [0.29, 0.717) is 5.02 Å². The number of rotatable bonds is 5. The van der Waals surface area contributed by atoms with Crippen molar-refractivity contribution in [3.63, 3.8) is 0 Å². The van der Waals surface area contributed by atoms with Crippen molar-refractivity contribution >= 4 is 51.0 Å². The smallest absolute Gasteiger partial charge is 0.331 e. The maximum atomic E-state index is 11.8. The van der Waals surface area contributed by atoms with Gasteiger partial charge >= 0.3 is 5.97 Å². The highest BCUT2D eigenvalue weighted by molar-refractivity contribution is 7.20. The first-order chi connectivity index (χ1) is 10.9. The van der Waals surface area contributed by atoms with Crippen molar-refractivity contribution in [2.24, 2.45) is 0 Å². The highest BCUT2D eigenvalue weighted by Gasteiger charge is 2.17. The second-order valence-corrected chi connectivity index (χ2v) is 6.81. The van der Waals surface area contributed by atoms with Crippen molar-refractivity contribution in [1.82, 2.24) is 5.32 Å². The maximum absolute atomic E-state index is 11.8. The van der Waals surface area contributed by atoms with E-state index in [1.807, 2.05) is 38.1 Å². The van der Waals surface area contributed by atoms with Crippen LogP contribution in [0, 0.1) is 0 Å². The van der Waals surface area contributed by atoms with Gasteiger partial charge in [0.1, 0.15) is 0 Å². The Morgan fingerprint density at radius 3 is 2.61 bits per heavy atom. The van der Waals surface area contributed by atoms with Gasteiger partial charge in [-0.15, -0.1) is 11.3 Å². The number of thiophene rings is 1. The molecule has 2 rings (SSSR count). The Labute approximate surface area is 144 Å². The lowest BCUT2D eigenvalue weighted by molar-refractivity contribution is -0.150. The fourth-order valence-electron chi connectivity index (χ4n) is 1.95. The molecule has 0 radical (unpaired) electrons. The molecule has 0 unspecified atom stereocenters. The van der Waals surface area contributed by atoms with Crippen LogP contribution in [-0.2, 0) is 14.3 Å². The molecule has 0 bridgehead atoms. The van der Waals surface area contributed by atoms with Crippen LogP contribution < -0.4 is 5.32 Å². The third-order valence-electron chi connectivity index (χ3n) is 3.02. The number of carbonyl (C=O) groups excluding carboxylic acids is 2. The summed E-state index contributed by atoms with van der Waals surface area (Å²) in [6.45, 7) is 5.22. The quantitative estimate of drug-likeness (QED) is 0.653. The predicted molar refractivity (Wildman–Crippen MR) is 94.7 cm³/mol. The second-order valence-electron chi connectivity index (χ2n) is 5.35. The molecule has 1 aromatic heterocycles. The van der Waals surface area contributed by atoms with Gasteiger partial charge in [0.25, 0.3) is 5.91 Å². The van der Waals surface area contributed by atoms with Gasteiger partial charge in [-0.05, 0) is 32.9 Å². The largest absolute Gasteiger partial charge is 0.449 e. The summed E-state index contributed by atoms with van der Waals surface area (Å²) >= 11 is 7.79. The maximum Gasteiger partial charge on any atom is 0.331 e. The van der Waals surface area contributed by atoms with Gasteiger partial charge in [0.15, 0.2) is 6.10 Å². The number of halogens is 1. The monoisotopic (exact) mass is 351 g/mol. The molecule has 4 nitrogen and oxygen atoms in total. The minimum atomic E-state index is -0.840. The van der Waals surface area contributed by atoms with Gasteiger partial charge in [0, 0.05) is 27.1 Å². The van der Waals surface area contributed by atoms with Crippen molar-refractivity contribution in [1.29, 1.82) is 0 Å². The van der Waals surface area contributed by atoms with Gasteiger partial charge in [0.05, 0.1) is 5.02 Å². The van der Waals surface area contributed by atoms with Crippen LogP contribution in [-0.4, -0.2) is 24.0 Å². The van der Waals surface area contributed by atoms with Gasteiger partial charge in [-0.25, -0.2) is 4.79 Å². The van der Waals surface area contributed by atoms with Crippen molar-refractivity contribution in [2.75, 3.05) is 0 Å². The van der Waals surface area contributed by atoms with E-state index in [1.54, 1.807) is 6.08 Å². The lowest BCUT2D eigenvalue weighted by atomic mass is 10.2. The highest BCUT2D eigenvalue weighted by Crippen LogP contribution is 2.35. The number of benzene rings is 1. The Bertz CT molecular complexity index is 751. The Hall–Kier alpha value is -1.85. The molecule has 1 amide bonds. The Kier molecular flexibility index (Phi) is 5.80. The molecule has 1 heterocycles. The van der Waals surface area contributed by atoms with E-state index in [4.69, 9.17) is 16.3 Å². The zero-order chi connectivity index (χ0) is 17.0. The minimum Gasteiger partial charge on any atom is -0.449 e. The number of nitrogens with one attached hydrogen (secondary N) is 1. The Balaban J connectivity index is 2.02. The van der Waals surface area contributed by atoms with Gasteiger partial charge in [-0.2, -0.15) is 0 Å². The average molecular weight is 352 g/mol. The topological polar surface area (TPSA) is 55.4 Å². The minimum absolute atomic E-state index is 0.00320. The van der Waals surface area contributed by atoms with E-state index in [2.05, 4.69) is 5.32 Å². The standard InChI is InChI=1S/C17H18ClNO3S/c1-10(2)19-17(21)11(3)22-15(20)9-8-14-16(18)12-6-4-5-7-13(12)23-14/h4-11H,1-3H3,(H,19,21)/b9-8+/t11-/m1/s1. The van der Waals surface area contributed by atoms with Gasteiger partial charge < -0.3 is 10.1 Å². The molecule has 6 heteroatoms. The van der Waals surface area contributed by atoms with Crippen molar-refractivity contribution in [3.8, 4) is 0 Å². The normalized spacial score (nSPS) is 12.7. The highest BCUT2D eigenvalue weighted by atomic mass is 35.5. The van der Waals surface area contributed by atoms with E-state index in [-0.39, 0.29) is 11.9 Å². The van der Waals surface area contributed by atoms with E-state index in [0.717, 1.165) is 15.0 Å². The Morgan fingerprint density at radius 1 is 1.26 bits per heavy atom. The molecule has 0 aliphatic carbocycles. The van der Waals surface area contributed by atoms with Gasteiger partial charge in [-0.1, -0.05) is 29.8 Å². The molecule has 0 saturated heterocycles. The predicted octanol–water partition coefficient (Wildman–Crippen LogP) is 4.02. The van der Waals surface area contributed by atoms with Gasteiger partial charge in [0.2, 0.25) is 0 Å². The van der Waals surface area contributed by atoms with Crippen LogP contribution in [0.25, 0.3) is 16.2 Å². The first-order valence-electron chi connectivity index (χ1n) is 7.24. The zero-order valence-electron chi connectivity index (χ0n) is 13.1. The molecule has 0 saturated carbocycles. The first kappa shape index (κ1) is 17.5. The van der Waals surface area contributed by atoms with Crippen LogP contribution in [0.2, 0.25) is 5.02 Å². The SMILES string of the molecule is CC(C)NC(=O)[C@@H](C)OC(=O)/C=C/c1sc2ccccc2c1Cl. The van der Waals surface area contributed by atoms with E-state index in [9.17, 15) is 9.59 Å². The molecule has 1 atom stereocenters. The number of ether oxygens (including phenoxy) is 1. The third kappa shape index (κ3) is 4.56. The summed E-state index contributed by atoms with van der Waals surface area (Å²) in [5.74, 6) is -0.897. The number of amides is 1. The summed E-state index contributed by atoms with van der Waals surface area (Å²) in [7, 11) is 0. The van der Waals surface area contributed by atoms with E-state index in [1.165, 1.54) is 24.3 Å². The molecule has 1 N–H and O–H groups in total. The van der Waals surface area contributed by atoms with Crippen molar-refractivity contribution < 1.29 is 14.3 Å². The zero-order valence-corrected chi connectivity index (χ0v) is 14.7. The summed E-state index contributed by atoms with van der Waals surface area (Å²) in [6.07, 6.45) is 2.06. The van der Waals surface area contributed by atoms with Crippen molar-refractivity contribution in [2.45, 2.75) is 32.9 Å². The van der Waals surface area contributed by atoms with Crippen LogP contribution in [0.1, 0.15) is 25.6 Å². The summed E-state index contributed by atoms with van der Waals surface area (Å²) < 4.78 is 6.12. The van der Waals surface area contributed by atoms with Crippen LogP contribution in [0.15, 0.2) is 30.3 Å². The molecule has 0 aliphatic heterocycles. The number of hydrogen-bond acceptors (Lipinski definition) is 4. The number of hydrogen-bond donors (Lipinski definition) is 1. The summed E-state index contributed by atoms with van der Waals surface area (Å²) in [4.78, 5) is 24.3. The van der Waals surface area contributed by atoms with Crippen LogP contribution in [0.5, 0.6) is 0 Å². The Morgan fingerprint density at radius 2 is 1.96 bits per heavy atom. The molecular formula is C17H18ClNO3S. The molecule has 122 valence electrons. The molecule has 1 aromatic carbocycles. The third-order valence-corrected chi connectivity index (χ3v) is 4.68.